The molecule has 4 aromatic heterocycles. The molecule has 0 aliphatic heterocycles. The lowest BCUT2D eigenvalue weighted by Gasteiger charge is -2.24. The van der Waals surface area contributed by atoms with Crippen LogP contribution in [-0.2, 0) is 0 Å². The zero-order valence-electron chi connectivity index (χ0n) is 16.7. The Morgan fingerprint density at radius 3 is 2.87 bits per heavy atom. The van der Waals surface area contributed by atoms with Gasteiger partial charge in [0.05, 0.1) is 22.3 Å². The van der Waals surface area contributed by atoms with E-state index in [4.69, 9.17) is 9.97 Å². The van der Waals surface area contributed by atoms with Gasteiger partial charge in [-0.2, -0.15) is 0 Å². The lowest BCUT2D eigenvalue weighted by molar-refractivity contribution is 0.400. The Morgan fingerprint density at radius 1 is 1.13 bits per heavy atom. The highest BCUT2D eigenvalue weighted by molar-refractivity contribution is 7.13. The number of pyridine rings is 1. The van der Waals surface area contributed by atoms with E-state index in [9.17, 15) is 0 Å². The van der Waals surface area contributed by atoms with Crippen molar-refractivity contribution in [1.82, 2.24) is 19.4 Å². The summed E-state index contributed by atoms with van der Waals surface area (Å²) < 4.78 is 2.18. The Hall–Kier alpha value is -3.25. The molecule has 148 valence electrons. The van der Waals surface area contributed by atoms with Gasteiger partial charge in [-0.15, -0.1) is 11.3 Å². The van der Waals surface area contributed by atoms with Crippen LogP contribution in [-0.4, -0.2) is 19.4 Å². The number of rotatable bonds is 4. The standard InChI is InChI=1S/C24H21N5S/c1-15-12-20(22-6-3-11-30-22)28-19-13-17(7-8-18(15)19)27-23-21-14-26-24(16-4-2-5-16)29(21)10-9-25-23/h3,6-14,16H,2,4-5H2,1H3,(H,25,27). The van der Waals surface area contributed by atoms with E-state index >= 15 is 0 Å². The number of hydrogen-bond donors (Lipinski definition) is 1. The van der Waals surface area contributed by atoms with Gasteiger partial charge in [-0.25, -0.2) is 15.0 Å². The molecular formula is C24H21N5S. The van der Waals surface area contributed by atoms with E-state index in [1.165, 1.54) is 35.1 Å². The van der Waals surface area contributed by atoms with E-state index < -0.39 is 0 Å². The highest BCUT2D eigenvalue weighted by Crippen LogP contribution is 2.36. The van der Waals surface area contributed by atoms with Crippen molar-refractivity contribution in [2.24, 2.45) is 0 Å². The summed E-state index contributed by atoms with van der Waals surface area (Å²) in [6, 6.07) is 12.7. The van der Waals surface area contributed by atoms with Crippen molar-refractivity contribution in [3.63, 3.8) is 0 Å². The van der Waals surface area contributed by atoms with Crippen LogP contribution >= 0.6 is 11.3 Å². The number of aromatic nitrogens is 4. The summed E-state index contributed by atoms with van der Waals surface area (Å²) >= 11 is 1.71. The van der Waals surface area contributed by atoms with Crippen LogP contribution in [0.3, 0.4) is 0 Å². The Kier molecular flexibility index (Phi) is 4.06. The maximum Gasteiger partial charge on any atom is 0.156 e. The van der Waals surface area contributed by atoms with Crippen LogP contribution < -0.4 is 5.32 Å². The second-order valence-corrected chi connectivity index (χ2v) is 8.88. The molecule has 0 radical (unpaired) electrons. The largest absolute Gasteiger partial charge is 0.338 e. The molecule has 6 heteroatoms. The topological polar surface area (TPSA) is 55.1 Å². The summed E-state index contributed by atoms with van der Waals surface area (Å²) in [6.07, 6.45) is 9.55. The average Bonchev–Trinajstić information content (AvgIpc) is 3.38. The molecule has 1 fully saturated rings. The molecule has 0 saturated heterocycles. The van der Waals surface area contributed by atoms with Crippen molar-refractivity contribution in [2.45, 2.75) is 32.1 Å². The SMILES string of the molecule is Cc1cc(-c2cccs2)nc2cc(Nc3nccn4c(C5CCC5)ncc34)ccc12. The summed E-state index contributed by atoms with van der Waals surface area (Å²) in [7, 11) is 0. The molecule has 0 spiro atoms. The number of benzene rings is 1. The smallest absolute Gasteiger partial charge is 0.156 e. The first kappa shape index (κ1) is 17.6. The lowest BCUT2D eigenvalue weighted by atomic mass is 9.85. The van der Waals surface area contributed by atoms with Crippen LogP contribution in [0.1, 0.15) is 36.6 Å². The van der Waals surface area contributed by atoms with Crippen molar-refractivity contribution in [3.8, 4) is 10.6 Å². The van der Waals surface area contributed by atoms with Crippen LogP contribution in [0.4, 0.5) is 11.5 Å². The van der Waals surface area contributed by atoms with Crippen molar-refractivity contribution >= 4 is 39.3 Å². The van der Waals surface area contributed by atoms with Crippen molar-refractivity contribution in [1.29, 1.82) is 0 Å². The summed E-state index contributed by atoms with van der Waals surface area (Å²) in [6.45, 7) is 2.14. The molecule has 1 aliphatic rings. The fraction of sp³-hybridized carbons (Fsp3) is 0.208. The van der Waals surface area contributed by atoms with Gasteiger partial charge < -0.3 is 5.32 Å². The average molecular weight is 412 g/mol. The van der Waals surface area contributed by atoms with Crippen LogP contribution in [0, 0.1) is 6.92 Å². The Labute approximate surface area is 178 Å². The molecule has 1 aliphatic carbocycles. The van der Waals surface area contributed by atoms with Crippen molar-refractivity contribution in [2.75, 3.05) is 5.32 Å². The molecule has 30 heavy (non-hydrogen) atoms. The predicted octanol–water partition coefficient (Wildman–Crippen LogP) is 6.33. The second kappa shape index (κ2) is 6.92. The Bertz CT molecular complexity index is 1370. The number of nitrogens with one attached hydrogen (secondary N) is 1. The molecule has 6 rings (SSSR count). The third kappa shape index (κ3) is 2.87. The molecular weight excluding hydrogens is 390 g/mol. The maximum atomic E-state index is 4.92. The number of anilines is 2. The van der Waals surface area contributed by atoms with Gasteiger partial charge in [-0.1, -0.05) is 18.6 Å². The van der Waals surface area contributed by atoms with Gasteiger partial charge in [0.1, 0.15) is 11.3 Å². The molecule has 5 nitrogen and oxygen atoms in total. The normalized spacial score (nSPS) is 14.3. The number of fused-ring (bicyclic) bond motifs is 2. The molecule has 1 aromatic carbocycles. The Balaban J connectivity index is 1.39. The first-order chi connectivity index (χ1) is 14.8. The molecule has 0 amide bonds. The zero-order chi connectivity index (χ0) is 20.1. The van der Waals surface area contributed by atoms with Gasteiger partial charge in [-0.3, -0.25) is 4.40 Å². The minimum absolute atomic E-state index is 0.575. The molecule has 0 bridgehead atoms. The van der Waals surface area contributed by atoms with Gasteiger partial charge in [-0.05, 0) is 55.0 Å². The number of aryl methyl sites for hydroxylation is 1. The van der Waals surface area contributed by atoms with E-state index in [-0.39, 0.29) is 0 Å². The molecule has 0 atom stereocenters. The first-order valence-electron chi connectivity index (χ1n) is 10.3. The highest BCUT2D eigenvalue weighted by Gasteiger charge is 2.24. The molecule has 1 saturated carbocycles. The zero-order valence-corrected chi connectivity index (χ0v) is 17.5. The van der Waals surface area contributed by atoms with E-state index in [0.29, 0.717) is 5.92 Å². The van der Waals surface area contributed by atoms with Crippen LogP contribution in [0.5, 0.6) is 0 Å². The Morgan fingerprint density at radius 2 is 2.07 bits per heavy atom. The molecule has 0 unspecified atom stereocenters. The third-order valence-electron chi connectivity index (χ3n) is 6.01. The number of nitrogens with zero attached hydrogens (tertiary/aromatic N) is 4. The molecule has 5 aromatic rings. The quantitative estimate of drug-likeness (QED) is 0.376. The minimum atomic E-state index is 0.575. The van der Waals surface area contributed by atoms with Crippen molar-refractivity contribution in [3.05, 3.63) is 71.8 Å². The van der Waals surface area contributed by atoms with Crippen LogP contribution in [0.15, 0.2) is 60.4 Å². The third-order valence-corrected chi connectivity index (χ3v) is 6.90. The number of thiophene rings is 1. The van der Waals surface area contributed by atoms with Gasteiger partial charge in [0.2, 0.25) is 0 Å². The minimum Gasteiger partial charge on any atom is -0.338 e. The van der Waals surface area contributed by atoms with Crippen LogP contribution in [0.2, 0.25) is 0 Å². The molecule has 1 N–H and O–H groups in total. The first-order valence-corrected chi connectivity index (χ1v) is 11.2. The summed E-state index contributed by atoms with van der Waals surface area (Å²) in [5.41, 5.74) is 5.23. The van der Waals surface area contributed by atoms with E-state index in [0.717, 1.165) is 34.1 Å². The fourth-order valence-electron chi connectivity index (χ4n) is 4.18. The van der Waals surface area contributed by atoms with Gasteiger partial charge in [0, 0.05) is 29.4 Å². The lowest BCUT2D eigenvalue weighted by Crippen LogP contribution is -2.12. The van der Waals surface area contributed by atoms with Gasteiger partial charge >= 0.3 is 0 Å². The highest BCUT2D eigenvalue weighted by atomic mass is 32.1. The monoisotopic (exact) mass is 411 g/mol. The number of hydrogen-bond acceptors (Lipinski definition) is 5. The predicted molar refractivity (Wildman–Crippen MR) is 123 cm³/mol. The van der Waals surface area contributed by atoms with Gasteiger partial charge in [0.25, 0.3) is 0 Å². The summed E-state index contributed by atoms with van der Waals surface area (Å²) in [4.78, 5) is 15.4. The van der Waals surface area contributed by atoms with Crippen LogP contribution in [0.25, 0.3) is 27.0 Å². The molecule has 4 heterocycles. The maximum absolute atomic E-state index is 4.92. The summed E-state index contributed by atoms with van der Waals surface area (Å²) in [5, 5.41) is 6.75. The summed E-state index contributed by atoms with van der Waals surface area (Å²) in [5.74, 6) is 2.55. The van der Waals surface area contributed by atoms with E-state index in [2.05, 4.69) is 63.4 Å². The number of imidazole rings is 1. The van der Waals surface area contributed by atoms with Crippen molar-refractivity contribution < 1.29 is 0 Å². The van der Waals surface area contributed by atoms with E-state index in [1.54, 1.807) is 11.3 Å². The van der Waals surface area contributed by atoms with E-state index in [1.807, 2.05) is 18.6 Å². The fourth-order valence-corrected chi connectivity index (χ4v) is 4.87. The van der Waals surface area contributed by atoms with Gasteiger partial charge in [0.15, 0.2) is 5.82 Å². The second-order valence-electron chi connectivity index (χ2n) is 7.93.